The lowest BCUT2D eigenvalue weighted by atomic mass is 10.0. The summed E-state index contributed by atoms with van der Waals surface area (Å²) < 4.78 is 13.0. The molecule has 0 bridgehead atoms. The van der Waals surface area contributed by atoms with E-state index in [0.29, 0.717) is 17.3 Å². The Kier molecular flexibility index (Phi) is 5.04. The van der Waals surface area contributed by atoms with Crippen molar-refractivity contribution in [3.63, 3.8) is 0 Å². The van der Waals surface area contributed by atoms with Crippen LogP contribution in [0.25, 0.3) is 0 Å². The minimum atomic E-state index is -0.422. The van der Waals surface area contributed by atoms with Gasteiger partial charge >= 0.3 is 0 Å². The predicted molar refractivity (Wildman–Crippen MR) is 94.9 cm³/mol. The van der Waals surface area contributed by atoms with Gasteiger partial charge in [-0.15, -0.1) is 0 Å². The number of hydrogen-bond donors (Lipinski definition) is 1. The van der Waals surface area contributed by atoms with Gasteiger partial charge in [-0.05, 0) is 42.8 Å². The lowest BCUT2D eigenvalue weighted by molar-refractivity contribution is -0.126. The van der Waals surface area contributed by atoms with Gasteiger partial charge in [0.15, 0.2) is 0 Å². The molecule has 4 nitrogen and oxygen atoms in total. The van der Waals surface area contributed by atoms with Crippen LogP contribution in [0, 0.1) is 11.7 Å². The van der Waals surface area contributed by atoms with E-state index in [9.17, 15) is 14.0 Å². The number of amides is 2. The van der Waals surface area contributed by atoms with Crippen LogP contribution in [-0.2, 0) is 9.59 Å². The number of hydrogen-bond acceptors (Lipinski definition) is 2. The van der Waals surface area contributed by atoms with Gasteiger partial charge in [0.25, 0.3) is 0 Å². The largest absolute Gasteiger partial charge is 0.349 e. The minimum absolute atomic E-state index is 0.100. The summed E-state index contributed by atoms with van der Waals surface area (Å²) in [6, 6.07) is 12.7. The average Bonchev–Trinajstić information content (AvgIpc) is 2.97. The predicted octanol–water partition coefficient (Wildman–Crippen LogP) is 3.71. The first kappa shape index (κ1) is 17.4. The molecule has 6 heteroatoms. The normalized spacial score (nSPS) is 18.3. The number of carbonyl (C=O) groups is 2. The van der Waals surface area contributed by atoms with E-state index in [-0.39, 0.29) is 30.1 Å². The third-order valence-corrected chi connectivity index (χ3v) is 4.58. The van der Waals surface area contributed by atoms with Gasteiger partial charge in [-0.1, -0.05) is 29.8 Å². The maximum absolute atomic E-state index is 13.0. The summed E-state index contributed by atoms with van der Waals surface area (Å²) in [4.78, 5) is 26.3. The zero-order valence-corrected chi connectivity index (χ0v) is 14.5. The summed E-state index contributed by atoms with van der Waals surface area (Å²) in [5.74, 6) is -1.03. The molecule has 0 spiro atoms. The molecule has 1 fully saturated rings. The maximum Gasteiger partial charge on any atom is 0.227 e. The van der Waals surface area contributed by atoms with Crippen LogP contribution in [0.1, 0.15) is 24.9 Å². The zero-order chi connectivity index (χ0) is 18.0. The Morgan fingerprint density at radius 3 is 2.68 bits per heavy atom. The van der Waals surface area contributed by atoms with Crippen LogP contribution in [0.15, 0.2) is 48.5 Å². The maximum atomic E-state index is 13.0. The zero-order valence-electron chi connectivity index (χ0n) is 13.7. The first-order valence-electron chi connectivity index (χ1n) is 8.06. The van der Waals surface area contributed by atoms with E-state index in [1.807, 2.05) is 6.92 Å². The minimum Gasteiger partial charge on any atom is -0.349 e. The second kappa shape index (κ2) is 7.23. The molecule has 130 valence electrons. The van der Waals surface area contributed by atoms with E-state index in [0.717, 1.165) is 5.56 Å². The van der Waals surface area contributed by atoms with Crippen molar-refractivity contribution in [1.29, 1.82) is 0 Å². The number of nitrogens with one attached hydrogen (secondary N) is 1. The molecule has 2 aromatic rings. The second-order valence-corrected chi connectivity index (χ2v) is 6.60. The van der Waals surface area contributed by atoms with Crippen LogP contribution in [0.3, 0.4) is 0 Å². The standard InChI is InChI=1S/C19H18ClFN2O2/c1-12(13-5-7-16(21)8-6-13)22-19(25)14-9-18(24)23(11-14)17-4-2-3-15(20)10-17/h2-8,10,12,14H,9,11H2,1H3,(H,22,25). The molecule has 0 aliphatic carbocycles. The van der Waals surface area contributed by atoms with Crippen molar-refractivity contribution in [1.82, 2.24) is 5.32 Å². The molecular formula is C19H18ClFN2O2. The van der Waals surface area contributed by atoms with Crippen molar-refractivity contribution in [2.24, 2.45) is 5.92 Å². The van der Waals surface area contributed by atoms with Gasteiger partial charge in [0.2, 0.25) is 11.8 Å². The molecule has 2 atom stereocenters. The van der Waals surface area contributed by atoms with Crippen LogP contribution in [0.5, 0.6) is 0 Å². The average molecular weight is 361 g/mol. The van der Waals surface area contributed by atoms with Crippen molar-refractivity contribution in [3.05, 3.63) is 64.9 Å². The number of nitrogens with zero attached hydrogens (tertiary/aromatic N) is 1. The SMILES string of the molecule is CC(NC(=O)C1CC(=O)N(c2cccc(Cl)c2)C1)c1ccc(F)cc1. The first-order valence-corrected chi connectivity index (χ1v) is 8.43. The summed E-state index contributed by atoms with van der Waals surface area (Å²) >= 11 is 5.97. The number of halogens is 2. The summed E-state index contributed by atoms with van der Waals surface area (Å²) in [5.41, 5.74) is 1.50. The van der Waals surface area contributed by atoms with E-state index < -0.39 is 5.92 Å². The van der Waals surface area contributed by atoms with Crippen LogP contribution < -0.4 is 10.2 Å². The van der Waals surface area contributed by atoms with Gasteiger partial charge in [-0.3, -0.25) is 9.59 Å². The van der Waals surface area contributed by atoms with Crippen LogP contribution in [0.4, 0.5) is 10.1 Å². The molecule has 1 aliphatic rings. The van der Waals surface area contributed by atoms with E-state index in [4.69, 9.17) is 11.6 Å². The lowest BCUT2D eigenvalue weighted by Crippen LogP contribution is -2.34. The molecule has 1 heterocycles. The Labute approximate surface area is 150 Å². The molecule has 1 N–H and O–H groups in total. The highest BCUT2D eigenvalue weighted by Gasteiger charge is 2.35. The number of benzene rings is 2. The highest BCUT2D eigenvalue weighted by molar-refractivity contribution is 6.31. The number of anilines is 1. The fraction of sp³-hybridized carbons (Fsp3) is 0.263. The Balaban J connectivity index is 1.65. The Bertz CT molecular complexity index is 794. The van der Waals surface area contributed by atoms with Crippen molar-refractivity contribution in [2.75, 3.05) is 11.4 Å². The van der Waals surface area contributed by atoms with Gasteiger partial charge < -0.3 is 10.2 Å². The lowest BCUT2D eigenvalue weighted by Gasteiger charge is -2.19. The fourth-order valence-corrected chi connectivity index (χ4v) is 3.13. The second-order valence-electron chi connectivity index (χ2n) is 6.17. The molecule has 0 aromatic heterocycles. The molecular weight excluding hydrogens is 343 g/mol. The molecule has 3 rings (SSSR count). The van der Waals surface area contributed by atoms with Gasteiger partial charge in [0.1, 0.15) is 5.82 Å². The molecule has 1 aliphatic heterocycles. The highest BCUT2D eigenvalue weighted by atomic mass is 35.5. The van der Waals surface area contributed by atoms with Crippen LogP contribution in [0.2, 0.25) is 5.02 Å². The highest BCUT2D eigenvalue weighted by Crippen LogP contribution is 2.27. The number of carbonyl (C=O) groups excluding carboxylic acids is 2. The summed E-state index contributed by atoms with van der Waals surface area (Å²) in [5, 5.41) is 3.44. The summed E-state index contributed by atoms with van der Waals surface area (Å²) in [7, 11) is 0. The monoisotopic (exact) mass is 360 g/mol. The molecule has 0 radical (unpaired) electrons. The molecule has 1 saturated heterocycles. The first-order chi connectivity index (χ1) is 11.9. The van der Waals surface area contributed by atoms with Crippen molar-refractivity contribution in [2.45, 2.75) is 19.4 Å². The van der Waals surface area contributed by atoms with Gasteiger partial charge in [-0.2, -0.15) is 0 Å². The van der Waals surface area contributed by atoms with Crippen molar-refractivity contribution in [3.8, 4) is 0 Å². The quantitative estimate of drug-likeness (QED) is 0.903. The van der Waals surface area contributed by atoms with Gasteiger partial charge in [0, 0.05) is 23.7 Å². The topological polar surface area (TPSA) is 49.4 Å². The Morgan fingerprint density at radius 2 is 2.00 bits per heavy atom. The van der Waals surface area contributed by atoms with Crippen molar-refractivity contribution < 1.29 is 14.0 Å². The smallest absolute Gasteiger partial charge is 0.227 e. The molecule has 0 saturated carbocycles. The molecule has 2 unspecified atom stereocenters. The molecule has 25 heavy (non-hydrogen) atoms. The summed E-state index contributed by atoms with van der Waals surface area (Å²) in [6.07, 6.45) is 0.161. The fourth-order valence-electron chi connectivity index (χ4n) is 2.94. The molecule has 2 aromatic carbocycles. The number of rotatable bonds is 4. The van der Waals surface area contributed by atoms with Crippen LogP contribution >= 0.6 is 11.6 Å². The van der Waals surface area contributed by atoms with E-state index >= 15 is 0 Å². The Morgan fingerprint density at radius 1 is 1.28 bits per heavy atom. The van der Waals surface area contributed by atoms with E-state index in [1.54, 1.807) is 41.3 Å². The third kappa shape index (κ3) is 3.99. The van der Waals surface area contributed by atoms with Crippen molar-refractivity contribution >= 4 is 29.1 Å². The van der Waals surface area contributed by atoms with E-state index in [2.05, 4.69) is 5.32 Å². The van der Waals surface area contributed by atoms with Gasteiger partial charge in [0.05, 0.1) is 12.0 Å². The molecule has 2 amide bonds. The van der Waals surface area contributed by atoms with E-state index in [1.165, 1.54) is 12.1 Å². The third-order valence-electron chi connectivity index (χ3n) is 4.34. The van der Waals surface area contributed by atoms with Crippen LogP contribution in [-0.4, -0.2) is 18.4 Å². The van der Waals surface area contributed by atoms with Gasteiger partial charge in [-0.25, -0.2) is 4.39 Å². The summed E-state index contributed by atoms with van der Waals surface area (Å²) in [6.45, 7) is 2.15. The Hall–Kier alpha value is -2.40.